The van der Waals surface area contributed by atoms with Gasteiger partial charge in [-0.25, -0.2) is 14.4 Å². The molecule has 0 aromatic heterocycles. The number of hydrogen-bond acceptors (Lipinski definition) is 3. The molecule has 0 saturated heterocycles. The van der Waals surface area contributed by atoms with E-state index in [1.165, 1.54) is 0 Å². The Morgan fingerprint density at radius 2 is 1.17 bits per heavy atom. The molecule has 1 unspecified atom stereocenters. The summed E-state index contributed by atoms with van der Waals surface area (Å²) in [7, 11) is 1.54. The molecular formula is C5H5O6P. The van der Waals surface area contributed by atoms with Crippen molar-refractivity contribution in [3.63, 3.8) is 0 Å². The van der Waals surface area contributed by atoms with Gasteiger partial charge in [-0.15, -0.1) is 0 Å². The minimum atomic E-state index is -1.78. The lowest BCUT2D eigenvalue weighted by Crippen LogP contribution is -2.15. The summed E-state index contributed by atoms with van der Waals surface area (Å²) in [5.41, 5.74) is -1.16. The summed E-state index contributed by atoms with van der Waals surface area (Å²) in [6.07, 6.45) is 0. The van der Waals surface area contributed by atoms with Crippen LogP contribution in [0.1, 0.15) is 0 Å². The average molecular weight is 192 g/mol. The van der Waals surface area contributed by atoms with E-state index >= 15 is 0 Å². The zero-order valence-electron chi connectivity index (χ0n) is 5.64. The SMILES string of the molecule is O=C(O)C(P)=C(C(=O)O)C(=O)O. The van der Waals surface area contributed by atoms with E-state index in [9.17, 15) is 14.4 Å². The van der Waals surface area contributed by atoms with Crippen LogP contribution in [0.2, 0.25) is 0 Å². The summed E-state index contributed by atoms with van der Waals surface area (Å²) < 4.78 is 0. The predicted molar refractivity (Wildman–Crippen MR) is 39.6 cm³/mol. The smallest absolute Gasteiger partial charge is 0.344 e. The Labute approximate surface area is 68.7 Å². The highest BCUT2D eigenvalue weighted by Crippen LogP contribution is 2.12. The van der Waals surface area contributed by atoms with E-state index in [2.05, 4.69) is 0 Å². The Kier molecular flexibility index (Phi) is 3.37. The van der Waals surface area contributed by atoms with Crippen LogP contribution in [0.4, 0.5) is 0 Å². The monoisotopic (exact) mass is 192 g/mol. The molecule has 0 bridgehead atoms. The molecule has 12 heavy (non-hydrogen) atoms. The number of carboxylic acids is 3. The molecule has 66 valence electrons. The van der Waals surface area contributed by atoms with Gasteiger partial charge in [0.05, 0.1) is 5.31 Å². The van der Waals surface area contributed by atoms with Gasteiger partial charge in [0.15, 0.2) is 5.57 Å². The number of hydrogen-bond donors (Lipinski definition) is 3. The fourth-order valence-corrected chi connectivity index (χ4v) is 0.676. The first kappa shape index (κ1) is 10.6. The minimum Gasteiger partial charge on any atom is -0.478 e. The van der Waals surface area contributed by atoms with Crippen LogP contribution in [0, 0.1) is 0 Å². The van der Waals surface area contributed by atoms with Crippen LogP contribution < -0.4 is 0 Å². The Morgan fingerprint density at radius 3 is 1.25 bits per heavy atom. The second kappa shape index (κ2) is 3.82. The van der Waals surface area contributed by atoms with Gasteiger partial charge in [0.25, 0.3) is 0 Å². The van der Waals surface area contributed by atoms with Gasteiger partial charge in [0, 0.05) is 0 Å². The van der Waals surface area contributed by atoms with Crippen molar-refractivity contribution in [2.45, 2.75) is 0 Å². The molecule has 0 heterocycles. The highest BCUT2D eigenvalue weighted by Gasteiger charge is 2.23. The van der Waals surface area contributed by atoms with Gasteiger partial charge in [-0.3, -0.25) is 0 Å². The number of carboxylic acid groups (broad SMARTS) is 3. The molecule has 0 amide bonds. The lowest BCUT2D eigenvalue weighted by atomic mass is 10.2. The lowest BCUT2D eigenvalue weighted by Gasteiger charge is -1.97. The molecule has 0 aromatic rings. The first-order chi connectivity index (χ1) is 5.37. The fourth-order valence-electron chi connectivity index (χ4n) is 0.429. The molecule has 6 nitrogen and oxygen atoms in total. The van der Waals surface area contributed by atoms with Crippen molar-refractivity contribution >= 4 is 27.1 Å². The van der Waals surface area contributed by atoms with E-state index in [-0.39, 0.29) is 0 Å². The fraction of sp³-hybridized carbons (Fsp3) is 0. The highest BCUT2D eigenvalue weighted by molar-refractivity contribution is 7.25. The number of aliphatic carboxylic acids is 3. The topological polar surface area (TPSA) is 112 Å². The van der Waals surface area contributed by atoms with Crippen LogP contribution in [0.15, 0.2) is 10.9 Å². The molecule has 0 radical (unpaired) electrons. The van der Waals surface area contributed by atoms with E-state index in [0.717, 1.165) is 0 Å². The molecule has 1 atom stereocenters. The largest absolute Gasteiger partial charge is 0.478 e. The maximum Gasteiger partial charge on any atom is 0.344 e. The first-order valence-electron chi connectivity index (χ1n) is 2.57. The second-order valence-electron chi connectivity index (χ2n) is 1.70. The molecule has 7 heteroatoms. The number of rotatable bonds is 3. The Balaban J connectivity index is 5.23. The maximum absolute atomic E-state index is 10.2. The van der Waals surface area contributed by atoms with Gasteiger partial charge in [0.1, 0.15) is 0 Å². The van der Waals surface area contributed by atoms with Crippen molar-refractivity contribution in [2.75, 3.05) is 0 Å². The van der Waals surface area contributed by atoms with Crippen molar-refractivity contribution in [1.82, 2.24) is 0 Å². The van der Waals surface area contributed by atoms with Gasteiger partial charge in [-0.05, 0) is 0 Å². The zero-order valence-corrected chi connectivity index (χ0v) is 6.80. The third-order valence-electron chi connectivity index (χ3n) is 0.927. The van der Waals surface area contributed by atoms with Gasteiger partial charge in [0.2, 0.25) is 0 Å². The number of carbonyl (C=O) groups is 3. The molecule has 0 rings (SSSR count). The summed E-state index contributed by atoms with van der Waals surface area (Å²) in [5, 5.41) is 24.0. The quantitative estimate of drug-likeness (QED) is 0.237. The summed E-state index contributed by atoms with van der Waals surface area (Å²) in [6, 6.07) is 0. The van der Waals surface area contributed by atoms with Crippen LogP contribution in [0.3, 0.4) is 0 Å². The second-order valence-corrected chi connectivity index (χ2v) is 2.28. The predicted octanol–water partition coefficient (Wildman–Crippen LogP) is -0.631. The standard InChI is InChI=1S/C5H5O6P/c6-3(7)1(4(8)9)2(12)5(10)11/h12H2,(H,6,7)(H,8,9)(H,10,11). The summed E-state index contributed by atoms with van der Waals surface area (Å²) >= 11 is 0. The Hall–Kier alpha value is -1.42. The van der Waals surface area contributed by atoms with Crippen LogP contribution in [-0.4, -0.2) is 33.2 Å². The average Bonchev–Trinajstić information content (AvgIpc) is 1.85. The van der Waals surface area contributed by atoms with E-state index in [0.29, 0.717) is 0 Å². The molecule has 3 N–H and O–H groups in total. The molecular weight excluding hydrogens is 187 g/mol. The Bertz CT molecular complexity index is 262. The van der Waals surface area contributed by atoms with E-state index in [4.69, 9.17) is 15.3 Å². The third kappa shape index (κ3) is 2.32. The van der Waals surface area contributed by atoms with Gasteiger partial charge >= 0.3 is 17.9 Å². The van der Waals surface area contributed by atoms with Crippen molar-refractivity contribution < 1.29 is 29.7 Å². The molecule has 0 aliphatic carbocycles. The molecule has 0 saturated carbocycles. The summed E-state index contributed by atoms with van der Waals surface area (Å²) in [5.74, 6) is -5.16. The van der Waals surface area contributed by atoms with Crippen molar-refractivity contribution in [1.29, 1.82) is 0 Å². The third-order valence-corrected chi connectivity index (χ3v) is 1.46. The minimum absolute atomic E-state index is 0.782. The molecule has 0 aliphatic rings. The first-order valence-corrected chi connectivity index (χ1v) is 3.15. The van der Waals surface area contributed by atoms with E-state index < -0.39 is 28.8 Å². The van der Waals surface area contributed by atoms with Crippen molar-refractivity contribution in [2.24, 2.45) is 0 Å². The van der Waals surface area contributed by atoms with Gasteiger partial charge in [-0.1, -0.05) is 9.24 Å². The highest BCUT2D eigenvalue weighted by atomic mass is 31.0. The normalized spacial score (nSPS) is 8.75. The maximum atomic E-state index is 10.2. The van der Waals surface area contributed by atoms with Crippen LogP contribution in [0.5, 0.6) is 0 Å². The molecule has 0 fully saturated rings. The van der Waals surface area contributed by atoms with Crippen LogP contribution in [0.25, 0.3) is 0 Å². The zero-order chi connectivity index (χ0) is 9.89. The van der Waals surface area contributed by atoms with Crippen molar-refractivity contribution in [3.8, 4) is 0 Å². The van der Waals surface area contributed by atoms with E-state index in [1.807, 2.05) is 0 Å². The summed E-state index contributed by atoms with van der Waals surface area (Å²) in [4.78, 5) is 30.5. The van der Waals surface area contributed by atoms with E-state index in [1.54, 1.807) is 9.24 Å². The van der Waals surface area contributed by atoms with Gasteiger partial charge < -0.3 is 15.3 Å². The Morgan fingerprint density at radius 1 is 0.833 bits per heavy atom. The summed E-state index contributed by atoms with van der Waals surface area (Å²) in [6.45, 7) is 0. The van der Waals surface area contributed by atoms with Crippen molar-refractivity contribution in [3.05, 3.63) is 10.9 Å². The molecule has 0 spiro atoms. The van der Waals surface area contributed by atoms with Crippen LogP contribution >= 0.6 is 9.24 Å². The lowest BCUT2D eigenvalue weighted by molar-refractivity contribution is -0.141. The molecule has 0 aromatic carbocycles. The van der Waals surface area contributed by atoms with Crippen LogP contribution in [-0.2, 0) is 14.4 Å². The van der Waals surface area contributed by atoms with Gasteiger partial charge in [-0.2, -0.15) is 0 Å². The molecule has 0 aliphatic heterocycles.